The Morgan fingerprint density at radius 3 is 2.21 bits per heavy atom. The SMILES string of the molecule is C=C(N/C(C)=C\CSCCN)[S+]([O-])C[C@H](NC(=O)CNC(=O)[C@@H](NC(=O)CC)[C@@H](C)CC)C(=O)N[C@@H](CCC(N)=O)C(=O)N1C[C@H](O)C[C@H]1C(=O)N[C@H](C(N)=O)[C@@H](C)[C@@H](O)CO. The summed E-state index contributed by atoms with van der Waals surface area (Å²) < 4.78 is 13.6. The molecule has 15 N–H and O–H groups in total. The van der Waals surface area contributed by atoms with Gasteiger partial charge in [-0.25, -0.2) is 0 Å². The average Bonchev–Trinajstić information content (AvgIpc) is 3.63. The normalized spacial score (nSPS) is 19.0. The highest BCUT2D eigenvalue weighted by atomic mass is 32.2. The molecular weight excluding hydrogens is 853 g/mol. The summed E-state index contributed by atoms with van der Waals surface area (Å²) in [5.41, 5.74) is 16.9. The van der Waals surface area contributed by atoms with Gasteiger partial charge < -0.3 is 73.9 Å². The van der Waals surface area contributed by atoms with E-state index in [9.17, 15) is 58.2 Å². The number of carbonyl (C=O) groups excluding carboxylic acids is 8. The molecule has 1 aliphatic heterocycles. The van der Waals surface area contributed by atoms with E-state index in [1.54, 1.807) is 38.6 Å². The van der Waals surface area contributed by atoms with Gasteiger partial charge in [0.2, 0.25) is 52.3 Å². The number of thioether (sulfide) groups is 1. The molecule has 0 saturated carbocycles. The van der Waals surface area contributed by atoms with Crippen molar-refractivity contribution in [3.05, 3.63) is 23.4 Å². The summed E-state index contributed by atoms with van der Waals surface area (Å²) in [7, 11) is 0. The molecule has 24 heteroatoms. The predicted molar refractivity (Wildman–Crippen MR) is 232 cm³/mol. The van der Waals surface area contributed by atoms with E-state index in [0.717, 1.165) is 4.90 Å². The zero-order valence-corrected chi connectivity index (χ0v) is 37.6. The van der Waals surface area contributed by atoms with Gasteiger partial charge in [-0.2, -0.15) is 11.8 Å². The minimum absolute atomic E-state index is 0.0395. The van der Waals surface area contributed by atoms with Gasteiger partial charge >= 0.3 is 0 Å². The Morgan fingerprint density at radius 1 is 0.984 bits per heavy atom. The number of carbonyl (C=O) groups is 8. The lowest BCUT2D eigenvalue weighted by Gasteiger charge is -2.31. The highest BCUT2D eigenvalue weighted by molar-refractivity contribution is 7.99. The Bertz CT molecular complexity index is 1610. The molecule has 1 fully saturated rings. The lowest BCUT2D eigenvalue weighted by atomic mass is 9.95. The molecule has 1 rings (SSSR count). The maximum Gasteiger partial charge on any atom is 0.248 e. The van der Waals surface area contributed by atoms with Crippen molar-refractivity contribution in [3.63, 3.8) is 0 Å². The Hall–Kier alpha value is -4.46. The van der Waals surface area contributed by atoms with Crippen LogP contribution in [0.2, 0.25) is 0 Å². The molecular formula is C38H66N10O12S2. The average molecular weight is 919 g/mol. The fraction of sp³-hybridized carbons (Fsp3) is 0.684. The summed E-state index contributed by atoms with van der Waals surface area (Å²) in [5, 5.41) is 45.2. The van der Waals surface area contributed by atoms with Crippen LogP contribution in [0.1, 0.15) is 66.7 Å². The first-order valence-electron chi connectivity index (χ1n) is 20.2. The van der Waals surface area contributed by atoms with Crippen molar-refractivity contribution in [2.75, 3.05) is 43.5 Å². The van der Waals surface area contributed by atoms with Crippen molar-refractivity contribution >= 4 is 70.2 Å². The molecule has 1 aliphatic rings. The standard InChI is InChI=1S/C38H66N10O12S2/c1-7-20(3)32(46-30(53)8-2)37(58)42-16-31(54)44-26(19-62(60)23(6)43-21(4)11-13-61-14-12-39)35(56)45-25(9-10-29(40)52)38(59)48-17-24(50)15-27(48)36(57)47-33(34(41)55)22(5)28(51)18-49/h11,20,22,24-28,32-33,43,49-51H,6-10,12-19,39H2,1-5H3,(H2,40,52)(H2,41,55)(H,42,58)(H,44,54)(H,45,56)(H,46,53)(H,47,57)/b21-11-/t20-,22-,24+,25-,26-,27-,28-,32-,33-,62?/m0/s1. The predicted octanol–water partition coefficient (Wildman–Crippen LogP) is -4.40. The minimum Gasteiger partial charge on any atom is -0.610 e. The first-order chi connectivity index (χ1) is 29.1. The van der Waals surface area contributed by atoms with E-state index < -0.39 is 139 Å². The van der Waals surface area contributed by atoms with Crippen molar-refractivity contribution < 1.29 is 58.2 Å². The Kier molecular flexibility index (Phi) is 25.3. The number of nitrogens with zero attached hydrogens (tertiary/aromatic N) is 1. The molecule has 0 bridgehead atoms. The summed E-state index contributed by atoms with van der Waals surface area (Å²) in [4.78, 5) is 105. The van der Waals surface area contributed by atoms with Gasteiger partial charge in [-0.05, 0) is 25.8 Å². The fourth-order valence-corrected chi connectivity index (χ4v) is 7.75. The van der Waals surface area contributed by atoms with Gasteiger partial charge in [0.15, 0.2) is 6.04 Å². The highest BCUT2D eigenvalue weighted by Gasteiger charge is 2.44. The van der Waals surface area contributed by atoms with Gasteiger partial charge in [0, 0.05) is 66.6 Å². The van der Waals surface area contributed by atoms with Gasteiger partial charge in [-0.1, -0.05) is 40.2 Å². The molecule has 10 atom stereocenters. The van der Waals surface area contributed by atoms with E-state index in [4.69, 9.17) is 17.2 Å². The van der Waals surface area contributed by atoms with Crippen LogP contribution in [0.3, 0.4) is 0 Å². The van der Waals surface area contributed by atoms with Crippen molar-refractivity contribution in [3.8, 4) is 0 Å². The van der Waals surface area contributed by atoms with Crippen LogP contribution in [-0.4, -0.2) is 158 Å². The van der Waals surface area contributed by atoms with E-state index >= 15 is 0 Å². The largest absolute Gasteiger partial charge is 0.610 e. The topological polar surface area (TPSA) is 374 Å². The van der Waals surface area contributed by atoms with Crippen LogP contribution in [0.15, 0.2) is 23.4 Å². The molecule has 22 nitrogen and oxygen atoms in total. The van der Waals surface area contributed by atoms with Gasteiger partial charge in [-0.15, -0.1) is 0 Å². The smallest absolute Gasteiger partial charge is 0.248 e. The van der Waals surface area contributed by atoms with Crippen molar-refractivity contribution in [1.29, 1.82) is 0 Å². The summed E-state index contributed by atoms with van der Waals surface area (Å²) >= 11 is -0.526. The molecule has 0 spiro atoms. The molecule has 0 aromatic heterocycles. The molecule has 1 saturated heterocycles. The van der Waals surface area contributed by atoms with Crippen LogP contribution < -0.4 is 49.1 Å². The number of hydrogen-bond donors (Lipinski definition) is 12. The van der Waals surface area contributed by atoms with Crippen molar-refractivity contribution in [2.24, 2.45) is 29.0 Å². The molecule has 0 aromatic carbocycles. The number of aliphatic hydroxyl groups excluding tert-OH is 3. The van der Waals surface area contributed by atoms with Crippen LogP contribution in [0.5, 0.6) is 0 Å². The van der Waals surface area contributed by atoms with Crippen molar-refractivity contribution in [1.82, 2.24) is 36.8 Å². The maximum atomic E-state index is 14.1. The third-order valence-corrected chi connectivity index (χ3v) is 12.2. The molecule has 0 radical (unpaired) electrons. The summed E-state index contributed by atoms with van der Waals surface area (Å²) in [5.74, 6) is -7.62. The zero-order chi connectivity index (χ0) is 47.3. The molecule has 1 heterocycles. The molecule has 1 unspecified atom stereocenters. The second-order valence-corrected chi connectivity index (χ2v) is 17.6. The highest BCUT2D eigenvalue weighted by Crippen LogP contribution is 2.22. The number of likely N-dealkylation sites (tertiary alicyclic amines) is 1. The lowest BCUT2D eigenvalue weighted by molar-refractivity contribution is -0.143. The second-order valence-electron chi connectivity index (χ2n) is 14.9. The van der Waals surface area contributed by atoms with E-state index in [1.165, 1.54) is 6.92 Å². The number of nitrogens with one attached hydrogen (secondary N) is 6. The number of β-amino-alcohol motifs (C(OH)–C–C–N with tert-alkyl or cyclic N) is 1. The molecule has 8 amide bonds. The van der Waals surface area contributed by atoms with E-state index in [0.29, 0.717) is 30.2 Å². The van der Waals surface area contributed by atoms with Gasteiger partial charge in [0.25, 0.3) is 0 Å². The van der Waals surface area contributed by atoms with Crippen LogP contribution in [0, 0.1) is 11.8 Å². The Balaban J connectivity index is 3.47. The number of rotatable bonds is 29. The van der Waals surface area contributed by atoms with Gasteiger partial charge in [0.05, 0.1) is 25.4 Å². The second kappa shape index (κ2) is 28.3. The number of allylic oxidation sites excluding steroid dienone is 1. The molecule has 0 aliphatic carbocycles. The van der Waals surface area contributed by atoms with Crippen LogP contribution in [0.25, 0.3) is 0 Å². The number of primary amides is 2. The Labute approximate surface area is 369 Å². The summed E-state index contributed by atoms with van der Waals surface area (Å²) in [6.07, 6.45) is -1.50. The maximum absolute atomic E-state index is 14.1. The quantitative estimate of drug-likeness (QED) is 0.0249. The minimum atomic E-state index is -2.08. The summed E-state index contributed by atoms with van der Waals surface area (Å²) in [6.45, 7) is 10.6. The molecule has 352 valence electrons. The lowest BCUT2D eigenvalue weighted by Crippen LogP contribution is -2.60. The van der Waals surface area contributed by atoms with E-state index in [1.807, 2.05) is 6.92 Å². The number of aliphatic hydroxyl groups is 3. The molecule has 0 aromatic rings. The fourth-order valence-electron chi connectivity index (χ4n) is 6.04. The third kappa shape index (κ3) is 18.9. The van der Waals surface area contributed by atoms with Crippen molar-refractivity contribution in [2.45, 2.75) is 109 Å². The number of hydrogen-bond acceptors (Lipinski definition) is 15. The van der Waals surface area contributed by atoms with Crippen LogP contribution in [-0.2, 0) is 49.5 Å². The monoisotopic (exact) mass is 918 g/mol. The van der Waals surface area contributed by atoms with Crippen LogP contribution in [0.4, 0.5) is 0 Å². The van der Waals surface area contributed by atoms with E-state index in [2.05, 4.69) is 38.5 Å². The number of nitrogens with two attached hydrogens (primary N) is 3. The first kappa shape index (κ1) is 55.6. The first-order valence-corrected chi connectivity index (χ1v) is 22.7. The number of amides is 8. The molecule has 62 heavy (non-hydrogen) atoms. The van der Waals surface area contributed by atoms with Crippen LogP contribution >= 0.6 is 11.8 Å². The summed E-state index contributed by atoms with van der Waals surface area (Å²) in [6, 6.07) is -7.22. The third-order valence-electron chi connectivity index (χ3n) is 9.99. The van der Waals surface area contributed by atoms with E-state index in [-0.39, 0.29) is 29.7 Å². The van der Waals surface area contributed by atoms with Gasteiger partial charge in [-0.3, -0.25) is 38.4 Å². The Morgan fingerprint density at radius 2 is 1.65 bits per heavy atom. The van der Waals surface area contributed by atoms with Gasteiger partial charge in [0.1, 0.15) is 29.9 Å². The zero-order valence-electron chi connectivity index (χ0n) is 36.0.